The highest BCUT2D eigenvalue weighted by Gasteiger charge is 2.01. The normalized spacial score (nSPS) is 14.1. The molecule has 0 spiro atoms. The van der Waals surface area contributed by atoms with Crippen LogP contribution in [0.5, 0.6) is 0 Å². The van der Waals surface area contributed by atoms with Crippen molar-refractivity contribution in [2.75, 3.05) is 0 Å². The molecule has 36 valence electrons. The first-order chi connectivity index (χ1) is 3.34. The molecule has 0 N–H and O–H groups in total. The van der Waals surface area contributed by atoms with Crippen LogP contribution in [0.25, 0.3) is 0 Å². The highest BCUT2D eigenvalue weighted by molar-refractivity contribution is 9.11. The number of rotatable bonds is 1. The van der Waals surface area contributed by atoms with Gasteiger partial charge in [0.1, 0.15) is 0 Å². The molecule has 0 bridgehead atoms. The van der Waals surface area contributed by atoms with Crippen molar-refractivity contribution < 1.29 is 0 Å². The van der Waals surface area contributed by atoms with Gasteiger partial charge in [-0.2, -0.15) is 0 Å². The van der Waals surface area contributed by atoms with Gasteiger partial charge >= 0.3 is 0 Å². The van der Waals surface area contributed by atoms with Gasteiger partial charge in [-0.15, -0.1) is 0 Å². The predicted molar refractivity (Wildman–Crippen MR) is 35.3 cm³/mol. The lowest BCUT2D eigenvalue weighted by Crippen LogP contribution is -1.55. The molecule has 0 aromatic carbocycles. The van der Waals surface area contributed by atoms with Gasteiger partial charge in [-0.05, 0) is 5.57 Å². The standard InChI is InChI=1S/C6H5Br/c1-2-6(7)5-3-4-5/h2-4H,1H2. The van der Waals surface area contributed by atoms with Gasteiger partial charge in [-0.3, -0.25) is 0 Å². The Morgan fingerprint density at radius 2 is 2.29 bits per heavy atom. The van der Waals surface area contributed by atoms with Gasteiger partial charge in [0, 0.05) is 4.48 Å². The maximum Gasteiger partial charge on any atom is 0.0241 e. The van der Waals surface area contributed by atoms with E-state index in [2.05, 4.69) is 22.5 Å². The Kier molecular flexibility index (Phi) is 1.15. The quantitative estimate of drug-likeness (QED) is 0.548. The van der Waals surface area contributed by atoms with Crippen molar-refractivity contribution in [2.24, 2.45) is 0 Å². The van der Waals surface area contributed by atoms with E-state index in [-0.39, 0.29) is 0 Å². The average molecular weight is 157 g/mol. The number of allylic oxidation sites excluding steroid dienone is 5. The Bertz CT molecular complexity index is 144. The highest BCUT2D eigenvalue weighted by atomic mass is 79.9. The Hall–Kier alpha value is -0.300. The Labute approximate surface area is 51.4 Å². The van der Waals surface area contributed by atoms with Crippen LogP contribution < -0.4 is 0 Å². The summed E-state index contributed by atoms with van der Waals surface area (Å²) in [5, 5.41) is 0. The molecule has 0 heterocycles. The van der Waals surface area contributed by atoms with Crippen molar-refractivity contribution in [1.82, 2.24) is 0 Å². The third-order valence-corrected chi connectivity index (χ3v) is 1.57. The van der Waals surface area contributed by atoms with Crippen LogP contribution in [-0.4, -0.2) is 0 Å². The molecule has 0 nitrogen and oxygen atoms in total. The second kappa shape index (κ2) is 1.66. The molecule has 1 heteroatoms. The fourth-order valence-electron chi connectivity index (χ4n) is 0.319. The van der Waals surface area contributed by atoms with Gasteiger partial charge in [-0.25, -0.2) is 0 Å². The molecule has 7 heavy (non-hydrogen) atoms. The van der Waals surface area contributed by atoms with E-state index < -0.39 is 0 Å². The molecule has 0 radical (unpaired) electrons. The highest BCUT2D eigenvalue weighted by Crippen LogP contribution is 2.23. The van der Waals surface area contributed by atoms with Gasteiger partial charge in [0.25, 0.3) is 0 Å². The molecule has 0 aliphatic heterocycles. The summed E-state index contributed by atoms with van der Waals surface area (Å²) in [6.45, 7) is 3.58. The number of hydrogen-bond donors (Lipinski definition) is 0. The zero-order valence-electron chi connectivity index (χ0n) is 3.82. The Morgan fingerprint density at radius 3 is 2.43 bits per heavy atom. The van der Waals surface area contributed by atoms with E-state index >= 15 is 0 Å². The smallest absolute Gasteiger partial charge is 0.0241 e. The number of halogens is 1. The van der Waals surface area contributed by atoms with Gasteiger partial charge < -0.3 is 0 Å². The van der Waals surface area contributed by atoms with Gasteiger partial charge in [-0.1, -0.05) is 40.7 Å². The second-order valence-electron chi connectivity index (χ2n) is 1.34. The van der Waals surface area contributed by atoms with Crippen molar-refractivity contribution >= 4 is 15.9 Å². The lowest BCUT2D eigenvalue weighted by Gasteiger charge is -1.78. The summed E-state index contributed by atoms with van der Waals surface area (Å²) in [5.74, 6) is 0. The zero-order valence-corrected chi connectivity index (χ0v) is 5.40. The molecule has 0 fully saturated rings. The summed E-state index contributed by atoms with van der Waals surface area (Å²) in [6.07, 6.45) is 5.85. The van der Waals surface area contributed by atoms with E-state index in [0.29, 0.717) is 0 Å². The molecule has 0 aromatic rings. The molecule has 0 amide bonds. The fourth-order valence-corrected chi connectivity index (χ4v) is 0.583. The topological polar surface area (TPSA) is 0 Å². The van der Waals surface area contributed by atoms with Gasteiger partial charge in [0.15, 0.2) is 0 Å². The minimum Gasteiger partial charge on any atom is -0.0979 e. The summed E-state index contributed by atoms with van der Waals surface area (Å²) in [5.41, 5.74) is 1.26. The van der Waals surface area contributed by atoms with Gasteiger partial charge in [0.2, 0.25) is 0 Å². The lowest BCUT2D eigenvalue weighted by atomic mass is 10.5. The van der Waals surface area contributed by atoms with Crippen molar-refractivity contribution in [1.29, 1.82) is 0 Å². The van der Waals surface area contributed by atoms with E-state index in [1.165, 1.54) is 5.57 Å². The van der Waals surface area contributed by atoms with Crippen LogP contribution in [0.3, 0.4) is 0 Å². The van der Waals surface area contributed by atoms with Crippen LogP contribution in [0.4, 0.5) is 0 Å². The molecule has 0 saturated heterocycles. The van der Waals surface area contributed by atoms with E-state index in [9.17, 15) is 0 Å². The minimum absolute atomic E-state index is 1.09. The van der Waals surface area contributed by atoms with E-state index in [1.54, 1.807) is 6.08 Å². The van der Waals surface area contributed by atoms with Crippen molar-refractivity contribution in [2.45, 2.75) is 0 Å². The van der Waals surface area contributed by atoms with Crippen molar-refractivity contribution in [3.8, 4) is 0 Å². The Morgan fingerprint density at radius 1 is 1.71 bits per heavy atom. The van der Waals surface area contributed by atoms with E-state index in [0.717, 1.165) is 4.48 Å². The SMILES string of the molecule is C=CC(Br)=C1C=C1. The first kappa shape index (κ1) is 4.85. The molecule has 0 atom stereocenters. The third-order valence-electron chi connectivity index (χ3n) is 0.788. The summed E-state index contributed by atoms with van der Waals surface area (Å²) in [4.78, 5) is 0. The summed E-state index contributed by atoms with van der Waals surface area (Å²) < 4.78 is 1.09. The third kappa shape index (κ3) is 1.03. The molecule has 1 aliphatic rings. The summed E-state index contributed by atoms with van der Waals surface area (Å²) >= 11 is 3.30. The van der Waals surface area contributed by atoms with Crippen LogP contribution in [0.15, 0.2) is 34.9 Å². The van der Waals surface area contributed by atoms with Crippen LogP contribution >= 0.6 is 15.9 Å². The lowest BCUT2D eigenvalue weighted by molar-refractivity contribution is 1.91. The molecular weight excluding hydrogens is 152 g/mol. The fraction of sp³-hybridized carbons (Fsp3) is 0. The number of hydrogen-bond acceptors (Lipinski definition) is 0. The molecule has 0 saturated carbocycles. The molecule has 1 rings (SSSR count). The van der Waals surface area contributed by atoms with E-state index in [1.807, 2.05) is 12.2 Å². The van der Waals surface area contributed by atoms with E-state index in [4.69, 9.17) is 0 Å². The maximum absolute atomic E-state index is 3.58. The molecule has 1 aliphatic carbocycles. The van der Waals surface area contributed by atoms with Crippen molar-refractivity contribution in [3.63, 3.8) is 0 Å². The summed E-state index contributed by atoms with van der Waals surface area (Å²) in [6, 6.07) is 0. The minimum atomic E-state index is 1.09. The zero-order chi connectivity index (χ0) is 5.28. The van der Waals surface area contributed by atoms with Gasteiger partial charge in [0.05, 0.1) is 0 Å². The van der Waals surface area contributed by atoms with Crippen LogP contribution in [0, 0.1) is 0 Å². The largest absolute Gasteiger partial charge is 0.0979 e. The Balaban J connectivity index is 2.69. The first-order valence-corrected chi connectivity index (χ1v) is 2.84. The monoisotopic (exact) mass is 156 g/mol. The maximum atomic E-state index is 3.58. The van der Waals surface area contributed by atoms with Crippen LogP contribution in [-0.2, 0) is 0 Å². The van der Waals surface area contributed by atoms with Crippen molar-refractivity contribution in [3.05, 3.63) is 34.9 Å². The molecular formula is C6H5Br. The first-order valence-electron chi connectivity index (χ1n) is 2.05. The predicted octanol–water partition coefficient (Wildman–Crippen LogP) is 2.39. The average Bonchev–Trinajstić information content (AvgIpc) is 2.44. The molecule has 0 aromatic heterocycles. The summed E-state index contributed by atoms with van der Waals surface area (Å²) in [7, 11) is 0. The van der Waals surface area contributed by atoms with Crippen LogP contribution in [0.2, 0.25) is 0 Å². The second-order valence-corrected chi connectivity index (χ2v) is 2.20. The van der Waals surface area contributed by atoms with Crippen LogP contribution in [0.1, 0.15) is 0 Å². The molecule has 0 unspecified atom stereocenters.